The normalized spacial score (nSPS) is 11.3. The summed E-state index contributed by atoms with van der Waals surface area (Å²) in [5.41, 5.74) is 5.07. The standard InChI is InChI=1S/C17H16BrFN2OS/c1-12(13-6-8-15(19)9-7-13)20-21-17(22)11-23-10-14-4-2-3-5-16(14)18/h2-9H,10-11H2,1H3,(H,21,22). The maximum atomic E-state index is 12.9. The molecule has 0 atom stereocenters. The minimum Gasteiger partial charge on any atom is -0.272 e. The Labute approximate surface area is 147 Å². The molecule has 0 saturated heterocycles. The van der Waals surface area contributed by atoms with Gasteiger partial charge >= 0.3 is 0 Å². The second kappa shape index (κ2) is 8.84. The first-order valence-electron chi connectivity index (χ1n) is 6.96. The van der Waals surface area contributed by atoms with Gasteiger partial charge in [0.05, 0.1) is 11.5 Å². The molecule has 0 saturated carbocycles. The maximum Gasteiger partial charge on any atom is 0.250 e. The van der Waals surface area contributed by atoms with E-state index in [1.807, 2.05) is 24.3 Å². The number of nitrogens with one attached hydrogen (secondary N) is 1. The van der Waals surface area contributed by atoms with E-state index in [0.29, 0.717) is 11.5 Å². The molecule has 6 heteroatoms. The van der Waals surface area contributed by atoms with Crippen LogP contribution in [-0.4, -0.2) is 17.4 Å². The molecule has 0 bridgehead atoms. The Bertz CT molecular complexity index is 704. The third kappa shape index (κ3) is 5.80. The summed E-state index contributed by atoms with van der Waals surface area (Å²) in [6, 6.07) is 13.9. The Morgan fingerprint density at radius 1 is 1.22 bits per heavy atom. The second-order valence-corrected chi connectivity index (χ2v) is 6.66. The number of nitrogens with zero attached hydrogens (tertiary/aromatic N) is 1. The van der Waals surface area contributed by atoms with Gasteiger partial charge in [-0.25, -0.2) is 9.82 Å². The number of benzene rings is 2. The fourth-order valence-electron chi connectivity index (χ4n) is 1.80. The van der Waals surface area contributed by atoms with Crippen molar-refractivity contribution in [3.05, 3.63) is 69.9 Å². The van der Waals surface area contributed by atoms with E-state index < -0.39 is 0 Å². The van der Waals surface area contributed by atoms with Crippen molar-refractivity contribution in [2.75, 3.05) is 5.75 Å². The van der Waals surface area contributed by atoms with Crippen molar-refractivity contribution in [1.29, 1.82) is 0 Å². The summed E-state index contributed by atoms with van der Waals surface area (Å²) in [7, 11) is 0. The van der Waals surface area contributed by atoms with E-state index in [1.54, 1.807) is 19.1 Å². The predicted molar refractivity (Wildman–Crippen MR) is 97.1 cm³/mol. The van der Waals surface area contributed by atoms with Crippen LogP contribution in [0.1, 0.15) is 18.1 Å². The largest absolute Gasteiger partial charge is 0.272 e. The molecule has 1 amide bonds. The SMILES string of the molecule is CC(=NNC(=O)CSCc1ccccc1Br)c1ccc(F)cc1. The summed E-state index contributed by atoms with van der Waals surface area (Å²) >= 11 is 5.00. The van der Waals surface area contributed by atoms with Crippen LogP contribution in [0.2, 0.25) is 0 Å². The quantitative estimate of drug-likeness (QED) is 0.583. The lowest BCUT2D eigenvalue weighted by molar-refractivity contribution is -0.118. The fourth-order valence-corrected chi connectivity index (χ4v) is 3.24. The molecular formula is C17H16BrFN2OS. The van der Waals surface area contributed by atoms with Crippen LogP contribution in [0.15, 0.2) is 58.1 Å². The van der Waals surface area contributed by atoms with Crippen LogP contribution in [0.25, 0.3) is 0 Å². The molecule has 0 aliphatic rings. The van der Waals surface area contributed by atoms with Gasteiger partial charge < -0.3 is 0 Å². The third-order valence-corrected chi connectivity index (χ3v) is 4.81. The van der Waals surface area contributed by atoms with Gasteiger partial charge in [0.25, 0.3) is 0 Å². The Morgan fingerprint density at radius 2 is 1.91 bits per heavy atom. The minimum atomic E-state index is -0.297. The number of hydrazone groups is 1. The van der Waals surface area contributed by atoms with Crippen LogP contribution >= 0.6 is 27.7 Å². The van der Waals surface area contributed by atoms with Gasteiger partial charge in [-0.2, -0.15) is 5.10 Å². The molecule has 120 valence electrons. The number of carbonyl (C=O) groups excluding carboxylic acids is 1. The molecule has 0 fully saturated rings. The number of thioether (sulfide) groups is 1. The fraction of sp³-hybridized carbons (Fsp3) is 0.176. The highest BCUT2D eigenvalue weighted by Crippen LogP contribution is 2.21. The van der Waals surface area contributed by atoms with Gasteiger partial charge in [-0.1, -0.05) is 46.3 Å². The van der Waals surface area contributed by atoms with Crippen LogP contribution in [0.5, 0.6) is 0 Å². The topological polar surface area (TPSA) is 41.5 Å². The molecule has 2 rings (SSSR count). The summed E-state index contributed by atoms with van der Waals surface area (Å²) in [5, 5.41) is 4.04. The van der Waals surface area contributed by atoms with Gasteiger partial charge in [0.2, 0.25) is 5.91 Å². The average Bonchev–Trinajstić information content (AvgIpc) is 2.55. The van der Waals surface area contributed by atoms with Crippen molar-refractivity contribution in [1.82, 2.24) is 5.43 Å². The van der Waals surface area contributed by atoms with E-state index >= 15 is 0 Å². The number of hydrogen-bond donors (Lipinski definition) is 1. The summed E-state index contributed by atoms with van der Waals surface area (Å²) in [6.07, 6.45) is 0. The van der Waals surface area contributed by atoms with Crippen LogP contribution in [0, 0.1) is 5.82 Å². The van der Waals surface area contributed by atoms with E-state index in [9.17, 15) is 9.18 Å². The van der Waals surface area contributed by atoms with Gasteiger partial charge in [0.15, 0.2) is 0 Å². The number of hydrogen-bond acceptors (Lipinski definition) is 3. The van der Waals surface area contributed by atoms with E-state index in [1.165, 1.54) is 23.9 Å². The van der Waals surface area contributed by atoms with Gasteiger partial charge in [0.1, 0.15) is 5.82 Å². The van der Waals surface area contributed by atoms with Crippen LogP contribution < -0.4 is 5.43 Å². The Balaban J connectivity index is 1.79. The van der Waals surface area contributed by atoms with Crippen molar-refractivity contribution >= 4 is 39.3 Å². The van der Waals surface area contributed by atoms with Crippen LogP contribution in [0.4, 0.5) is 4.39 Å². The first-order valence-corrected chi connectivity index (χ1v) is 8.91. The lowest BCUT2D eigenvalue weighted by Crippen LogP contribution is -2.21. The number of rotatable bonds is 6. The van der Waals surface area contributed by atoms with E-state index in [-0.39, 0.29) is 11.7 Å². The number of halogens is 2. The minimum absolute atomic E-state index is 0.163. The molecule has 3 nitrogen and oxygen atoms in total. The lowest BCUT2D eigenvalue weighted by Gasteiger charge is -2.05. The molecule has 1 N–H and O–H groups in total. The average molecular weight is 395 g/mol. The number of carbonyl (C=O) groups is 1. The lowest BCUT2D eigenvalue weighted by atomic mass is 10.1. The van der Waals surface area contributed by atoms with Crippen LogP contribution in [0.3, 0.4) is 0 Å². The van der Waals surface area contributed by atoms with Crippen LogP contribution in [-0.2, 0) is 10.5 Å². The van der Waals surface area contributed by atoms with E-state index in [4.69, 9.17) is 0 Å². The molecule has 0 unspecified atom stereocenters. The monoisotopic (exact) mass is 394 g/mol. The van der Waals surface area contributed by atoms with Gasteiger partial charge in [-0.15, -0.1) is 11.8 Å². The summed E-state index contributed by atoms with van der Waals surface area (Å²) in [5.74, 6) is 0.606. The highest BCUT2D eigenvalue weighted by Gasteiger charge is 2.04. The van der Waals surface area contributed by atoms with Crippen molar-refractivity contribution in [2.24, 2.45) is 5.10 Å². The summed E-state index contributed by atoms with van der Waals surface area (Å²) in [6.45, 7) is 1.77. The number of amides is 1. The molecule has 0 spiro atoms. The smallest absolute Gasteiger partial charge is 0.250 e. The predicted octanol–water partition coefficient (Wildman–Crippen LogP) is 4.36. The third-order valence-electron chi connectivity index (χ3n) is 3.06. The summed E-state index contributed by atoms with van der Waals surface area (Å²) < 4.78 is 13.9. The Kier molecular flexibility index (Phi) is 6.80. The van der Waals surface area contributed by atoms with Gasteiger partial charge in [-0.05, 0) is 36.2 Å². The Morgan fingerprint density at radius 3 is 2.61 bits per heavy atom. The maximum absolute atomic E-state index is 12.9. The molecule has 0 heterocycles. The zero-order valence-corrected chi connectivity index (χ0v) is 15.0. The van der Waals surface area contributed by atoms with Gasteiger partial charge in [-0.3, -0.25) is 4.79 Å². The summed E-state index contributed by atoms with van der Waals surface area (Å²) in [4.78, 5) is 11.8. The van der Waals surface area contributed by atoms with E-state index in [0.717, 1.165) is 21.4 Å². The molecule has 23 heavy (non-hydrogen) atoms. The molecular weight excluding hydrogens is 379 g/mol. The molecule has 2 aromatic rings. The molecule has 0 aliphatic heterocycles. The highest BCUT2D eigenvalue weighted by molar-refractivity contribution is 9.10. The highest BCUT2D eigenvalue weighted by atomic mass is 79.9. The van der Waals surface area contributed by atoms with Crippen molar-refractivity contribution in [3.8, 4) is 0 Å². The first kappa shape index (κ1) is 17.7. The second-order valence-electron chi connectivity index (χ2n) is 4.82. The zero-order chi connectivity index (χ0) is 16.7. The molecule has 0 radical (unpaired) electrons. The Hall–Kier alpha value is -1.66. The van der Waals surface area contributed by atoms with Crippen molar-refractivity contribution in [2.45, 2.75) is 12.7 Å². The molecule has 0 aromatic heterocycles. The van der Waals surface area contributed by atoms with Gasteiger partial charge in [0, 0.05) is 10.2 Å². The molecule has 2 aromatic carbocycles. The van der Waals surface area contributed by atoms with E-state index in [2.05, 4.69) is 26.5 Å². The first-order chi connectivity index (χ1) is 11.1. The molecule has 0 aliphatic carbocycles. The zero-order valence-electron chi connectivity index (χ0n) is 12.6. The van der Waals surface area contributed by atoms with Crippen molar-refractivity contribution < 1.29 is 9.18 Å². The van der Waals surface area contributed by atoms with Crippen molar-refractivity contribution in [3.63, 3.8) is 0 Å².